The molecule has 0 aliphatic carbocycles. The van der Waals surface area contributed by atoms with Gasteiger partial charge in [-0.25, -0.2) is 9.13 Å². The number of phosphoric acid groups is 2. The van der Waals surface area contributed by atoms with Crippen molar-refractivity contribution in [2.75, 3.05) is 59.5 Å². The van der Waals surface area contributed by atoms with Crippen LogP contribution in [0.1, 0.15) is 302 Å². The lowest BCUT2D eigenvalue weighted by Crippen LogP contribution is -2.28. The van der Waals surface area contributed by atoms with Crippen molar-refractivity contribution < 1.29 is 80.2 Å². The van der Waals surface area contributed by atoms with Crippen molar-refractivity contribution >= 4 is 40.5 Å². The van der Waals surface area contributed by atoms with Gasteiger partial charge in [0.05, 0.1) is 33.0 Å². The quantitative estimate of drug-likeness (QED) is 0.0169. The van der Waals surface area contributed by atoms with Crippen LogP contribution in [0.15, 0.2) is 85.1 Å². The summed E-state index contributed by atoms with van der Waals surface area (Å²) in [6.45, 7) is 1.05. The molecule has 0 bridgehead atoms. The molecule has 0 aromatic carbocycles. The molecule has 0 radical (unpaired) electrons. The Morgan fingerprint density at radius 3 is 0.979 bits per heavy atom. The first-order valence-electron chi connectivity index (χ1n) is 37.7. The van der Waals surface area contributed by atoms with E-state index in [1.807, 2.05) is 6.08 Å². The van der Waals surface area contributed by atoms with Gasteiger partial charge in [-0.2, -0.15) is 0 Å². The van der Waals surface area contributed by atoms with Crippen molar-refractivity contribution in [1.29, 1.82) is 0 Å². The summed E-state index contributed by atoms with van der Waals surface area (Å²) in [5.41, 5.74) is 0. The number of hydrogen-bond acceptors (Lipinski definition) is 15. The van der Waals surface area contributed by atoms with Crippen LogP contribution in [0.3, 0.4) is 0 Å². The number of carbonyl (C=O) groups is 4. The van der Waals surface area contributed by atoms with Gasteiger partial charge < -0.3 is 48.2 Å². The Labute approximate surface area is 583 Å². The maximum atomic E-state index is 13.1. The summed E-state index contributed by atoms with van der Waals surface area (Å²) in [5, 5.41) is 10.6. The molecule has 96 heavy (non-hydrogen) atoms. The van der Waals surface area contributed by atoms with Crippen LogP contribution in [0.5, 0.6) is 0 Å². The van der Waals surface area contributed by atoms with Crippen molar-refractivity contribution in [2.45, 2.75) is 321 Å². The minimum Gasteiger partial charge on any atom is -0.463 e. The Bertz CT molecular complexity index is 2060. The third-order valence-corrected chi connectivity index (χ3v) is 17.8. The molecule has 0 saturated carbocycles. The van der Waals surface area contributed by atoms with E-state index in [1.54, 1.807) is 0 Å². The lowest BCUT2D eigenvalue weighted by Gasteiger charge is -2.21. The molecule has 5 atom stereocenters. The van der Waals surface area contributed by atoms with Crippen molar-refractivity contribution in [2.24, 2.45) is 0 Å². The molecule has 19 heteroatoms. The monoisotopic (exact) mass is 1390 g/mol. The van der Waals surface area contributed by atoms with E-state index >= 15 is 0 Å². The number of esters is 1. The molecular formula is C77H136O17P2. The zero-order chi connectivity index (χ0) is 69.9. The highest BCUT2D eigenvalue weighted by Gasteiger charge is 2.29. The van der Waals surface area contributed by atoms with Gasteiger partial charge in [-0.3, -0.25) is 22.9 Å². The highest BCUT2D eigenvalue weighted by Crippen LogP contribution is 2.45. The molecule has 17 nitrogen and oxygen atoms in total. The molecule has 0 spiro atoms. The van der Waals surface area contributed by atoms with E-state index in [-0.39, 0.29) is 26.2 Å². The number of phosphoric ester groups is 2. The largest absolute Gasteiger partial charge is 0.472 e. The minimum atomic E-state index is -4.81. The summed E-state index contributed by atoms with van der Waals surface area (Å²) < 4.78 is 70.4. The molecule has 0 heterocycles. The Morgan fingerprint density at radius 1 is 0.333 bits per heavy atom. The molecule has 0 aromatic heterocycles. The Balaban J connectivity index is 5.18. The summed E-state index contributed by atoms with van der Waals surface area (Å²) in [5.74, 6) is -0.432. The third kappa shape index (κ3) is 73.4. The summed E-state index contributed by atoms with van der Waals surface area (Å²) in [4.78, 5) is 65.4. The summed E-state index contributed by atoms with van der Waals surface area (Å²) in [7, 11) is -9.55. The lowest BCUT2D eigenvalue weighted by molar-refractivity contribution is -0.149. The molecule has 0 aromatic rings. The van der Waals surface area contributed by atoms with Gasteiger partial charge in [-0.15, -0.1) is 0 Å². The van der Waals surface area contributed by atoms with E-state index in [0.717, 1.165) is 256 Å². The van der Waals surface area contributed by atoms with Crippen molar-refractivity contribution in [1.82, 2.24) is 0 Å². The number of aliphatic hydroxyl groups excluding tert-OH is 1. The smallest absolute Gasteiger partial charge is 0.463 e. The SMILES string of the molecule is CCCCC/C=C\C/C=C\C/C=C\C/C=C\CCCC(=O)OC[C@H](COP(=O)(O)OC[C@@H](O)COP(=O)(O)OC[C@@H](COCCCCCCC/C=C\CCCCCCC=O)OCCCCCCC/C=C\CCCCCCC=O)OCCCCCCC/C=C\CCCCCCC=O. The molecule has 2 unspecified atom stereocenters. The summed E-state index contributed by atoms with van der Waals surface area (Å²) in [6.07, 6.45) is 76.2. The highest BCUT2D eigenvalue weighted by molar-refractivity contribution is 7.47. The van der Waals surface area contributed by atoms with Crippen LogP contribution in [0.4, 0.5) is 0 Å². The van der Waals surface area contributed by atoms with Gasteiger partial charge in [-0.05, 0) is 161 Å². The number of aliphatic hydroxyl groups is 1. The molecule has 0 saturated heterocycles. The van der Waals surface area contributed by atoms with Gasteiger partial charge in [-0.1, -0.05) is 201 Å². The molecule has 556 valence electrons. The number of aldehydes is 3. The third-order valence-electron chi connectivity index (χ3n) is 15.9. The zero-order valence-electron chi connectivity index (χ0n) is 59.9. The molecular weight excluding hydrogens is 1260 g/mol. The van der Waals surface area contributed by atoms with Gasteiger partial charge in [0, 0.05) is 45.5 Å². The van der Waals surface area contributed by atoms with Gasteiger partial charge in [0.1, 0.15) is 43.8 Å². The number of unbranched alkanes of at least 4 members (excludes halogenated alkanes) is 34. The fraction of sp³-hybridized carbons (Fsp3) is 0.766. The van der Waals surface area contributed by atoms with E-state index in [9.17, 15) is 43.2 Å². The van der Waals surface area contributed by atoms with Gasteiger partial charge in [0.25, 0.3) is 0 Å². The van der Waals surface area contributed by atoms with E-state index in [2.05, 4.69) is 85.9 Å². The first-order chi connectivity index (χ1) is 47.0. The first kappa shape index (κ1) is 92.7. The second-order valence-electron chi connectivity index (χ2n) is 25.1. The summed E-state index contributed by atoms with van der Waals surface area (Å²) in [6, 6.07) is 0. The second kappa shape index (κ2) is 74.4. The number of rotatable bonds is 77. The fourth-order valence-electron chi connectivity index (χ4n) is 10.0. The minimum absolute atomic E-state index is 0.142. The van der Waals surface area contributed by atoms with Crippen LogP contribution < -0.4 is 0 Å². The highest BCUT2D eigenvalue weighted by atomic mass is 31.2. The predicted octanol–water partition coefficient (Wildman–Crippen LogP) is 20.4. The number of ether oxygens (including phenoxy) is 4. The number of hydrogen-bond donors (Lipinski definition) is 3. The van der Waals surface area contributed by atoms with Crippen LogP contribution in [0, 0.1) is 0 Å². The topological polar surface area (TPSA) is 237 Å². The molecule has 0 fully saturated rings. The van der Waals surface area contributed by atoms with Crippen LogP contribution in [0.25, 0.3) is 0 Å². The van der Waals surface area contributed by atoms with Crippen LogP contribution >= 0.6 is 15.6 Å². The molecule has 0 rings (SSSR count). The Kier molecular flexibility index (Phi) is 71.9. The van der Waals surface area contributed by atoms with E-state index in [0.29, 0.717) is 51.9 Å². The lowest BCUT2D eigenvalue weighted by atomic mass is 10.1. The molecule has 3 N–H and O–H groups in total. The molecule has 0 aliphatic rings. The normalized spacial score (nSPS) is 14.5. The van der Waals surface area contributed by atoms with E-state index in [1.165, 1.54) is 19.3 Å². The fourth-order valence-corrected chi connectivity index (χ4v) is 11.6. The van der Waals surface area contributed by atoms with E-state index in [4.69, 9.17) is 37.0 Å². The number of allylic oxidation sites excluding steroid dienone is 14. The van der Waals surface area contributed by atoms with Gasteiger partial charge >= 0.3 is 21.6 Å². The number of carbonyl (C=O) groups excluding carboxylic acids is 4. The first-order valence-corrected chi connectivity index (χ1v) is 40.7. The van der Waals surface area contributed by atoms with Gasteiger partial charge in [0.2, 0.25) is 0 Å². The Hall–Kier alpha value is -3.28. The summed E-state index contributed by atoms with van der Waals surface area (Å²) >= 11 is 0. The van der Waals surface area contributed by atoms with Crippen LogP contribution in [-0.2, 0) is 65.4 Å². The average molecular weight is 1400 g/mol. The van der Waals surface area contributed by atoms with Crippen LogP contribution in [-0.4, -0.2) is 117 Å². The van der Waals surface area contributed by atoms with Crippen molar-refractivity contribution in [3.05, 3.63) is 85.1 Å². The van der Waals surface area contributed by atoms with Crippen molar-refractivity contribution in [3.63, 3.8) is 0 Å². The van der Waals surface area contributed by atoms with Crippen molar-refractivity contribution in [3.8, 4) is 0 Å². The predicted molar refractivity (Wildman–Crippen MR) is 391 cm³/mol. The van der Waals surface area contributed by atoms with E-state index < -0.39 is 59.7 Å². The average Bonchev–Trinajstić information content (AvgIpc) is 1.28. The molecule has 0 amide bonds. The second-order valence-corrected chi connectivity index (χ2v) is 28.0. The maximum Gasteiger partial charge on any atom is 0.472 e. The van der Waals surface area contributed by atoms with Crippen LogP contribution in [0.2, 0.25) is 0 Å². The maximum absolute atomic E-state index is 13.1. The zero-order valence-corrected chi connectivity index (χ0v) is 61.7. The molecule has 0 aliphatic heterocycles. The van der Waals surface area contributed by atoms with Gasteiger partial charge in [0.15, 0.2) is 0 Å². The Morgan fingerprint density at radius 2 is 0.615 bits per heavy atom. The standard InChI is InChI=1S/C77H136O17P2/c1-2-3-4-5-6-7-8-9-10-11-12-19-26-33-40-47-54-61-77(82)90-71-76(89-67-60-53-46-39-32-25-18-15-22-29-36-43-50-57-64-80)73-94-96(85,86)92-69-74(81)68-91-95(83,84)93-72-75(88-66-59-52-45-38-31-24-17-14-21-28-35-42-49-56-63-79)70-87-65-58-51-44-37-30-23-16-13-20-27-34-41-48-55-62-78/h6-7,9-10,12-19,33,40,62-64,74-76,81H,2-5,8,11,20-32,34-39,41-61,65-73H2,1H3,(H,83,84)(H,85,86)/b7-6-,10-9-,16-13-,17-14-,18-15-,19-12-,40-33-/t74-,75+,76+/m0/s1.